The van der Waals surface area contributed by atoms with Crippen LogP contribution < -0.4 is 16.2 Å². The summed E-state index contributed by atoms with van der Waals surface area (Å²) in [7, 11) is 0. The monoisotopic (exact) mass is 456 g/mol. The van der Waals surface area contributed by atoms with Gasteiger partial charge in [0.05, 0.1) is 23.5 Å². The molecular formula is C18H15F3N4O3S2. The van der Waals surface area contributed by atoms with Crippen molar-refractivity contribution in [3.05, 3.63) is 51.4 Å². The minimum atomic E-state index is -1.70. The summed E-state index contributed by atoms with van der Waals surface area (Å²) in [6.45, 7) is 1.66. The number of fused-ring (bicyclic) bond motifs is 1. The molecule has 0 aliphatic carbocycles. The van der Waals surface area contributed by atoms with E-state index in [0.29, 0.717) is 28.0 Å². The zero-order chi connectivity index (χ0) is 21.8. The summed E-state index contributed by atoms with van der Waals surface area (Å²) in [6.07, 6.45) is 0. The molecule has 30 heavy (non-hydrogen) atoms. The molecule has 0 aliphatic rings. The molecule has 0 spiro atoms. The van der Waals surface area contributed by atoms with Gasteiger partial charge in [0.2, 0.25) is 11.8 Å². The molecule has 3 aromatic rings. The number of carbonyl (C=O) groups excluding carboxylic acids is 2. The first-order chi connectivity index (χ1) is 14.3. The van der Waals surface area contributed by atoms with Gasteiger partial charge in [0, 0.05) is 6.54 Å². The summed E-state index contributed by atoms with van der Waals surface area (Å²) in [4.78, 5) is 40.7. The van der Waals surface area contributed by atoms with Crippen LogP contribution in [-0.4, -0.2) is 33.7 Å². The van der Waals surface area contributed by atoms with Crippen molar-refractivity contribution in [1.82, 2.24) is 14.9 Å². The highest BCUT2D eigenvalue weighted by Gasteiger charge is 2.16. The van der Waals surface area contributed by atoms with Gasteiger partial charge in [-0.05, 0) is 30.5 Å². The van der Waals surface area contributed by atoms with E-state index in [4.69, 9.17) is 0 Å². The lowest BCUT2D eigenvalue weighted by Crippen LogP contribution is -2.34. The van der Waals surface area contributed by atoms with Gasteiger partial charge in [-0.3, -0.25) is 19.0 Å². The average Bonchev–Trinajstić information content (AvgIpc) is 3.20. The van der Waals surface area contributed by atoms with Crippen molar-refractivity contribution >= 4 is 50.8 Å². The number of thiophene rings is 1. The van der Waals surface area contributed by atoms with Gasteiger partial charge in [-0.2, -0.15) is 0 Å². The molecular weight excluding hydrogens is 441 g/mol. The Kier molecular flexibility index (Phi) is 6.77. The third-order valence-corrected chi connectivity index (χ3v) is 5.80. The highest BCUT2D eigenvalue weighted by atomic mass is 32.2. The van der Waals surface area contributed by atoms with Crippen molar-refractivity contribution in [3.63, 3.8) is 0 Å². The normalized spacial score (nSPS) is 10.9. The van der Waals surface area contributed by atoms with Crippen LogP contribution in [-0.2, 0) is 16.1 Å². The molecule has 0 saturated carbocycles. The molecule has 0 unspecified atom stereocenters. The third kappa shape index (κ3) is 4.65. The van der Waals surface area contributed by atoms with E-state index in [2.05, 4.69) is 15.6 Å². The molecule has 0 aliphatic heterocycles. The van der Waals surface area contributed by atoms with Crippen molar-refractivity contribution in [1.29, 1.82) is 0 Å². The Morgan fingerprint density at radius 2 is 1.93 bits per heavy atom. The van der Waals surface area contributed by atoms with Crippen LogP contribution in [0.5, 0.6) is 0 Å². The summed E-state index contributed by atoms with van der Waals surface area (Å²) in [6, 6.07) is 3.26. The Morgan fingerprint density at radius 1 is 1.17 bits per heavy atom. The van der Waals surface area contributed by atoms with Crippen molar-refractivity contribution in [2.45, 2.75) is 18.6 Å². The molecule has 12 heteroatoms. The van der Waals surface area contributed by atoms with Crippen LogP contribution in [0.25, 0.3) is 10.2 Å². The van der Waals surface area contributed by atoms with Gasteiger partial charge in [0.15, 0.2) is 22.6 Å². The van der Waals surface area contributed by atoms with Gasteiger partial charge in [-0.25, -0.2) is 18.2 Å². The number of nitrogens with zero attached hydrogens (tertiary/aromatic N) is 2. The molecule has 1 aromatic carbocycles. The highest BCUT2D eigenvalue weighted by Crippen LogP contribution is 2.21. The molecule has 0 bridgehead atoms. The lowest BCUT2D eigenvalue weighted by Gasteiger charge is -2.10. The summed E-state index contributed by atoms with van der Waals surface area (Å²) in [5, 5.41) is 6.51. The number of halogens is 3. The Hall–Kier alpha value is -2.86. The standard InChI is InChI=1S/C18H15F3N4O3S2/c1-2-25-17(28)16-11(5-6-29-16)24-18(25)30-8-13(27)22-7-12(26)23-10-4-3-9(19)14(20)15(10)21/h3-6H,2,7-8H2,1H3,(H,22,27)(H,23,26). The number of hydrogen-bond donors (Lipinski definition) is 2. The minimum absolute atomic E-state index is 0.116. The van der Waals surface area contributed by atoms with E-state index in [0.717, 1.165) is 17.8 Å². The molecule has 0 atom stereocenters. The topological polar surface area (TPSA) is 93.1 Å². The fourth-order valence-corrected chi connectivity index (χ4v) is 4.16. The Bertz CT molecular complexity index is 1180. The lowest BCUT2D eigenvalue weighted by atomic mass is 10.2. The maximum atomic E-state index is 13.6. The van der Waals surface area contributed by atoms with E-state index in [1.807, 2.05) is 0 Å². The lowest BCUT2D eigenvalue weighted by molar-refractivity contribution is -0.122. The van der Waals surface area contributed by atoms with Crippen molar-refractivity contribution < 1.29 is 22.8 Å². The number of carbonyl (C=O) groups is 2. The fourth-order valence-electron chi connectivity index (χ4n) is 2.49. The molecule has 2 N–H and O–H groups in total. The number of hydrogen-bond acceptors (Lipinski definition) is 6. The largest absolute Gasteiger partial charge is 0.346 e. The number of anilines is 1. The number of benzene rings is 1. The van der Waals surface area contributed by atoms with Crippen molar-refractivity contribution in [2.75, 3.05) is 17.6 Å². The maximum Gasteiger partial charge on any atom is 0.272 e. The van der Waals surface area contributed by atoms with Crippen LogP contribution in [0.2, 0.25) is 0 Å². The van der Waals surface area contributed by atoms with Crippen LogP contribution in [0.3, 0.4) is 0 Å². The number of rotatable bonds is 7. The van der Waals surface area contributed by atoms with E-state index in [1.54, 1.807) is 18.4 Å². The summed E-state index contributed by atoms with van der Waals surface area (Å²) in [5.74, 6) is -6.07. The SMILES string of the molecule is CCn1c(SCC(=O)NCC(=O)Nc2ccc(F)c(F)c2F)nc2ccsc2c1=O. The first kappa shape index (κ1) is 21.8. The van der Waals surface area contributed by atoms with E-state index in [9.17, 15) is 27.6 Å². The van der Waals surface area contributed by atoms with Gasteiger partial charge in [-0.15, -0.1) is 11.3 Å². The molecule has 0 fully saturated rings. The zero-order valence-corrected chi connectivity index (χ0v) is 17.1. The number of nitrogens with one attached hydrogen (secondary N) is 2. The maximum absolute atomic E-state index is 13.6. The van der Waals surface area contributed by atoms with Crippen molar-refractivity contribution in [3.8, 4) is 0 Å². The highest BCUT2D eigenvalue weighted by molar-refractivity contribution is 7.99. The second kappa shape index (κ2) is 9.30. The molecule has 158 valence electrons. The predicted octanol–water partition coefficient (Wildman–Crippen LogP) is 2.74. The van der Waals surface area contributed by atoms with Crippen LogP contribution in [0.1, 0.15) is 6.92 Å². The number of thioether (sulfide) groups is 1. The second-order valence-corrected chi connectivity index (χ2v) is 7.77. The van der Waals surface area contributed by atoms with Gasteiger partial charge >= 0.3 is 0 Å². The summed E-state index contributed by atoms with van der Waals surface area (Å²) in [5.41, 5.74) is -0.179. The van der Waals surface area contributed by atoms with Gasteiger partial charge in [0.25, 0.3) is 5.56 Å². The summed E-state index contributed by atoms with van der Waals surface area (Å²) >= 11 is 2.33. The second-order valence-electron chi connectivity index (χ2n) is 5.92. The van der Waals surface area contributed by atoms with Gasteiger partial charge in [0.1, 0.15) is 4.70 Å². The Labute approximate surface area is 176 Å². The van der Waals surface area contributed by atoms with Gasteiger partial charge in [-0.1, -0.05) is 11.8 Å². The van der Waals surface area contributed by atoms with E-state index in [1.165, 1.54) is 15.9 Å². The van der Waals surface area contributed by atoms with E-state index >= 15 is 0 Å². The Morgan fingerprint density at radius 3 is 2.67 bits per heavy atom. The summed E-state index contributed by atoms with van der Waals surface area (Å²) < 4.78 is 41.6. The first-order valence-electron chi connectivity index (χ1n) is 8.62. The average molecular weight is 456 g/mol. The van der Waals surface area contributed by atoms with Crippen LogP contribution in [0.4, 0.5) is 18.9 Å². The minimum Gasteiger partial charge on any atom is -0.346 e. The predicted molar refractivity (Wildman–Crippen MR) is 108 cm³/mol. The van der Waals surface area contributed by atoms with E-state index < -0.39 is 41.5 Å². The quantitative estimate of drug-likeness (QED) is 0.324. The van der Waals surface area contributed by atoms with Crippen molar-refractivity contribution in [2.24, 2.45) is 0 Å². The zero-order valence-electron chi connectivity index (χ0n) is 15.5. The van der Waals surface area contributed by atoms with Gasteiger partial charge < -0.3 is 10.6 Å². The fraction of sp³-hybridized carbons (Fsp3) is 0.222. The van der Waals surface area contributed by atoms with Crippen LogP contribution >= 0.6 is 23.1 Å². The molecule has 2 aromatic heterocycles. The van der Waals surface area contributed by atoms with Crippen LogP contribution in [0, 0.1) is 17.5 Å². The smallest absolute Gasteiger partial charge is 0.272 e. The molecule has 2 amide bonds. The number of amides is 2. The number of aromatic nitrogens is 2. The third-order valence-electron chi connectivity index (χ3n) is 3.93. The Balaban J connectivity index is 1.57. The molecule has 7 nitrogen and oxygen atoms in total. The molecule has 2 heterocycles. The first-order valence-corrected chi connectivity index (χ1v) is 10.5. The molecule has 3 rings (SSSR count). The van der Waals surface area contributed by atoms with E-state index in [-0.39, 0.29) is 11.3 Å². The molecule has 0 saturated heterocycles. The molecule has 0 radical (unpaired) electrons. The van der Waals surface area contributed by atoms with Crippen LogP contribution in [0.15, 0.2) is 33.5 Å².